The number of hydrogen-bond donors (Lipinski definition) is 1. The van der Waals surface area contributed by atoms with Crippen molar-refractivity contribution < 1.29 is 14.6 Å². The van der Waals surface area contributed by atoms with Gasteiger partial charge in [0.05, 0.1) is 5.88 Å². The van der Waals surface area contributed by atoms with Gasteiger partial charge in [0.25, 0.3) is 0 Å². The van der Waals surface area contributed by atoms with E-state index in [0.29, 0.717) is 6.42 Å². The van der Waals surface area contributed by atoms with Gasteiger partial charge >= 0.3 is 5.97 Å². The molecule has 0 radical (unpaired) electrons. The molecule has 0 saturated heterocycles. The number of hydrogen-bond acceptors (Lipinski definition) is 3. The summed E-state index contributed by atoms with van der Waals surface area (Å²) < 4.78 is 4.92. The monoisotopic (exact) mass is 370 g/mol. The van der Waals surface area contributed by atoms with Gasteiger partial charge in [-0.2, -0.15) is 0 Å². The second-order valence-electron chi connectivity index (χ2n) is 6.09. The molecule has 0 aliphatic carbocycles. The number of ether oxygens (including phenoxy) is 1. The maximum absolute atomic E-state index is 11.4. The highest BCUT2D eigenvalue weighted by Crippen LogP contribution is 2.08. The van der Waals surface area contributed by atoms with E-state index < -0.39 is 6.10 Å². The SMILES string of the molecule is CCC=CCC=CCC=CCCCCCCCC(=O)OCC(O)CCl. The van der Waals surface area contributed by atoms with Crippen LogP contribution in [0.1, 0.15) is 71.1 Å². The van der Waals surface area contributed by atoms with Crippen LogP contribution < -0.4 is 0 Å². The Kier molecular flexibility index (Phi) is 18.5. The van der Waals surface area contributed by atoms with Gasteiger partial charge in [-0.1, -0.05) is 62.6 Å². The fourth-order valence-corrected chi connectivity index (χ4v) is 2.28. The van der Waals surface area contributed by atoms with Crippen LogP contribution in [-0.4, -0.2) is 29.7 Å². The van der Waals surface area contributed by atoms with Crippen LogP contribution >= 0.6 is 11.6 Å². The van der Waals surface area contributed by atoms with Gasteiger partial charge in [-0.15, -0.1) is 11.6 Å². The molecule has 1 unspecified atom stereocenters. The van der Waals surface area contributed by atoms with Crippen LogP contribution in [0.3, 0.4) is 0 Å². The minimum absolute atomic E-state index is 0.000697. The number of esters is 1. The van der Waals surface area contributed by atoms with Crippen molar-refractivity contribution in [3.63, 3.8) is 0 Å². The first kappa shape index (κ1) is 23.9. The average molecular weight is 371 g/mol. The van der Waals surface area contributed by atoms with Crippen LogP contribution in [-0.2, 0) is 9.53 Å². The first-order chi connectivity index (χ1) is 12.2. The maximum Gasteiger partial charge on any atom is 0.305 e. The van der Waals surface area contributed by atoms with Crippen molar-refractivity contribution in [3.8, 4) is 0 Å². The highest BCUT2D eigenvalue weighted by Gasteiger charge is 2.07. The summed E-state index contributed by atoms with van der Waals surface area (Å²) in [6.45, 7) is 2.15. The second-order valence-corrected chi connectivity index (χ2v) is 6.40. The predicted molar refractivity (Wildman–Crippen MR) is 107 cm³/mol. The third kappa shape index (κ3) is 19.1. The van der Waals surface area contributed by atoms with Crippen LogP contribution in [0.25, 0.3) is 0 Å². The molecule has 25 heavy (non-hydrogen) atoms. The molecule has 0 amide bonds. The fourth-order valence-electron chi connectivity index (χ4n) is 2.19. The number of carbonyl (C=O) groups excluding carboxylic acids is 1. The van der Waals surface area contributed by atoms with Crippen molar-refractivity contribution in [2.45, 2.75) is 77.2 Å². The first-order valence-electron chi connectivity index (χ1n) is 9.55. The summed E-state index contributed by atoms with van der Waals surface area (Å²) in [6.07, 6.45) is 22.7. The number of unbranched alkanes of at least 4 members (excludes halogenated alkanes) is 5. The molecule has 1 atom stereocenters. The topological polar surface area (TPSA) is 46.5 Å². The van der Waals surface area contributed by atoms with E-state index in [1.807, 2.05) is 0 Å². The molecular weight excluding hydrogens is 336 g/mol. The second kappa shape index (κ2) is 19.3. The lowest BCUT2D eigenvalue weighted by atomic mass is 10.1. The van der Waals surface area contributed by atoms with E-state index in [1.165, 1.54) is 12.8 Å². The van der Waals surface area contributed by atoms with Crippen LogP contribution in [0.5, 0.6) is 0 Å². The number of carbonyl (C=O) groups is 1. The van der Waals surface area contributed by atoms with Gasteiger partial charge < -0.3 is 9.84 Å². The molecule has 0 fully saturated rings. The number of aliphatic hydroxyl groups excluding tert-OH is 1. The summed E-state index contributed by atoms with van der Waals surface area (Å²) in [5.74, 6) is -0.153. The van der Waals surface area contributed by atoms with Gasteiger partial charge in [0.15, 0.2) is 0 Å². The van der Waals surface area contributed by atoms with Crippen LogP contribution in [0.15, 0.2) is 36.5 Å². The molecule has 0 aromatic rings. The quantitative estimate of drug-likeness (QED) is 0.163. The van der Waals surface area contributed by atoms with Crippen LogP contribution in [0, 0.1) is 0 Å². The summed E-state index contributed by atoms with van der Waals surface area (Å²) in [5, 5.41) is 9.19. The summed E-state index contributed by atoms with van der Waals surface area (Å²) in [6, 6.07) is 0. The zero-order valence-electron chi connectivity index (χ0n) is 15.7. The Bertz CT molecular complexity index is 389. The fraction of sp³-hybridized carbons (Fsp3) is 0.667. The van der Waals surface area contributed by atoms with Gasteiger partial charge in [0.1, 0.15) is 12.7 Å². The largest absolute Gasteiger partial charge is 0.463 e. The number of allylic oxidation sites excluding steroid dienone is 6. The van der Waals surface area contributed by atoms with E-state index >= 15 is 0 Å². The molecule has 0 heterocycles. The van der Waals surface area contributed by atoms with Crippen molar-refractivity contribution >= 4 is 17.6 Å². The Balaban J connectivity index is 3.34. The highest BCUT2D eigenvalue weighted by molar-refractivity contribution is 6.18. The maximum atomic E-state index is 11.4. The number of alkyl halides is 1. The third-order valence-electron chi connectivity index (χ3n) is 3.65. The van der Waals surface area contributed by atoms with Crippen molar-refractivity contribution in [2.24, 2.45) is 0 Å². The van der Waals surface area contributed by atoms with Gasteiger partial charge in [-0.3, -0.25) is 4.79 Å². The molecule has 1 N–H and O–H groups in total. The molecule has 0 spiro atoms. The smallest absolute Gasteiger partial charge is 0.305 e. The molecule has 0 bridgehead atoms. The Morgan fingerprint density at radius 3 is 2.24 bits per heavy atom. The number of aliphatic hydroxyl groups is 1. The first-order valence-corrected chi connectivity index (χ1v) is 10.1. The standard InChI is InChI=1S/C21H35ClO3/c1-2-3-4-5-6-7-8-9-10-11-12-13-14-15-16-17-21(24)25-19-20(23)18-22/h3-4,6-7,9-10,20,23H,2,5,8,11-19H2,1H3. The van der Waals surface area contributed by atoms with E-state index in [0.717, 1.165) is 44.9 Å². The predicted octanol–water partition coefficient (Wildman–Crippen LogP) is 5.72. The number of halogens is 1. The summed E-state index contributed by atoms with van der Waals surface area (Å²) >= 11 is 5.43. The van der Waals surface area contributed by atoms with E-state index in [9.17, 15) is 9.90 Å². The Hall–Kier alpha value is -1.06. The van der Waals surface area contributed by atoms with E-state index in [2.05, 4.69) is 43.4 Å². The summed E-state index contributed by atoms with van der Waals surface area (Å²) in [5.41, 5.74) is 0. The third-order valence-corrected chi connectivity index (χ3v) is 4.00. The Morgan fingerprint density at radius 2 is 1.56 bits per heavy atom. The minimum Gasteiger partial charge on any atom is -0.463 e. The van der Waals surface area contributed by atoms with E-state index in [1.54, 1.807) is 0 Å². The molecule has 0 aliphatic heterocycles. The van der Waals surface area contributed by atoms with Crippen molar-refractivity contribution in [1.29, 1.82) is 0 Å². The lowest BCUT2D eigenvalue weighted by Crippen LogP contribution is -2.19. The molecule has 0 aliphatic rings. The Labute approximate surface area is 158 Å². The normalized spacial score (nSPS) is 13.2. The Morgan fingerprint density at radius 1 is 0.960 bits per heavy atom. The molecule has 0 aromatic carbocycles. The van der Waals surface area contributed by atoms with Gasteiger partial charge in [-0.05, 0) is 38.5 Å². The summed E-state index contributed by atoms with van der Waals surface area (Å²) in [4.78, 5) is 11.4. The van der Waals surface area contributed by atoms with Gasteiger partial charge in [0.2, 0.25) is 0 Å². The van der Waals surface area contributed by atoms with E-state index in [-0.39, 0.29) is 18.5 Å². The van der Waals surface area contributed by atoms with Gasteiger partial charge in [-0.25, -0.2) is 0 Å². The van der Waals surface area contributed by atoms with Gasteiger partial charge in [0, 0.05) is 6.42 Å². The lowest BCUT2D eigenvalue weighted by molar-refractivity contribution is -0.146. The molecule has 0 aromatic heterocycles. The minimum atomic E-state index is -0.757. The molecule has 0 rings (SSSR count). The average Bonchev–Trinajstić information content (AvgIpc) is 2.62. The molecule has 3 nitrogen and oxygen atoms in total. The van der Waals surface area contributed by atoms with E-state index in [4.69, 9.17) is 16.3 Å². The summed E-state index contributed by atoms with van der Waals surface area (Å²) in [7, 11) is 0. The zero-order valence-corrected chi connectivity index (χ0v) is 16.4. The highest BCUT2D eigenvalue weighted by atomic mass is 35.5. The van der Waals surface area contributed by atoms with Crippen molar-refractivity contribution in [2.75, 3.05) is 12.5 Å². The molecular formula is C21H35ClO3. The lowest BCUT2D eigenvalue weighted by Gasteiger charge is -2.07. The molecule has 0 saturated carbocycles. The number of rotatable bonds is 16. The molecule has 4 heteroatoms. The van der Waals surface area contributed by atoms with Crippen LogP contribution in [0.2, 0.25) is 0 Å². The van der Waals surface area contributed by atoms with Crippen molar-refractivity contribution in [1.82, 2.24) is 0 Å². The van der Waals surface area contributed by atoms with Crippen LogP contribution in [0.4, 0.5) is 0 Å². The van der Waals surface area contributed by atoms with Crippen molar-refractivity contribution in [3.05, 3.63) is 36.5 Å². The molecule has 144 valence electrons. The zero-order chi connectivity index (χ0) is 18.6.